The maximum Gasteiger partial charge on any atom is 0.261 e. The van der Waals surface area contributed by atoms with Gasteiger partial charge < -0.3 is 5.11 Å². The highest BCUT2D eigenvalue weighted by molar-refractivity contribution is 7.85. The van der Waals surface area contributed by atoms with Crippen molar-refractivity contribution in [2.75, 3.05) is 12.9 Å². The highest BCUT2D eigenvalue weighted by Crippen LogP contribution is 2.15. The van der Waals surface area contributed by atoms with Crippen molar-refractivity contribution in [1.29, 1.82) is 0 Å². The van der Waals surface area contributed by atoms with E-state index < -0.39 is 10.1 Å². The molecule has 5 heteroatoms. The number of hydrogen-bond acceptors (Lipinski definition) is 3. The maximum atomic E-state index is 9.19. The third kappa shape index (κ3) is 5.77. The monoisotopic (exact) mass is 268 g/mol. The van der Waals surface area contributed by atoms with E-state index in [4.69, 9.17) is 9.66 Å². The second-order valence-corrected chi connectivity index (χ2v) is 5.35. The van der Waals surface area contributed by atoms with E-state index in [1.54, 1.807) is 0 Å². The highest BCUT2D eigenvalue weighted by Gasteiger charge is 1.94. The average molecular weight is 268 g/mol. The molecule has 0 aliphatic carbocycles. The summed E-state index contributed by atoms with van der Waals surface area (Å²) in [7, 11) is -3.67. The van der Waals surface area contributed by atoms with E-state index in [9.17, 15) is 8.42 Å². The molecule has 0 heterocycles. The largest absolute Gasteiger partial charge is 0.396 e. The molecule has 0 aliphatic heterocycles. The summed E-state index contributed by atoms with van der Waals surface area (Å²) in [6, 6.07) is 14.6. The molecule has 0 spiro atoms. The fourth-order valence-electron chi connectivity index (χ4n) is 1.52. The Morgan fingerprint density at radius 2 is 1.61 bits per heavy atom. The summed E-state index contributed by atoms with van der Waals surface area (Å²) in [5.74, 6) is 0. The van der Waals surface area contributed by atoms with Gasteiger partial charge in [-0.3, -0.25) is 4.55 Å². The number of fused-ring (bicyclic) bond motifs is 1. The average Bonchev–Trinajstić information content (AvgIpc) is 2.27. The molecule has 0 saturated carbocycles. The molecule has 2 aromatic carbocycles. The Labute approximate surface area is 107 Å². The zero-order valence-electron chi connectivity index (χ0n) is 10.1. The summed E-state index contributed by atoms with van der Waals surface area (Å²) < 4.78 is 25.9. The topological polar surface area (TPSA) is 74.6 Å². The van der Waals surface area contributed by atoms with Crippen LogP contribution in [0.1, 0.15) is 5.56 Å². The molecular formula is C13H16O4S. The Hall–Kier alpha value is -1.43. The van der Waals surface area contributed by atoms with Crippen LogP contribution in [-0.2, 0) is 16.5 Å². The van der Waals surface area contributed by atoms with Crippen LogP contribution < -0.4 is 0 Å². The molecule has 0 atom stereocenters. The zero-order valence-corrected chi connectivity index (χ0v) is 10.9. The molecule has 0 aromatic heterocycles. The number of aliphatic hydroxyl groups excluding tert-OH is 1. The molecule has 4 nitrogen and oxygen atoms in total. The van der Waals surface area contributed by atoms with Crippen molar-refractivity contribution in [2.45, 2.75) is 6.42 Å². The quantitative estimate of drug-likeness (QED) is 0.815. The van der Waals surface area contributed by atoms with E-state index in [1.165, 1.54) is 16.3 Å². The van der Waals surface area contributed by atoms with Crippen molar-refractivity contribution in [3.8, 4) is 0 Å². The van der Waals surface area contributed by atoms with Crippen LogP contribution in [0.3, 0.4) is 0 Å². The van der Waals surface area contributed by atoms with Crippen LogP contribution >= 0.6 is 0 Å². The molecule has 0 amide bonds. The van der Waals surface area contributed by atoms with Gasteiger partial charge in [-0.2, -0.15) is 8.42 Å². The van der Waals surface area contributed by atoms with Crippen molar-refractivity contribution in [3.05, 3.63) is 48.0 Å². The zero-order chi connectivity index (χ0) is 13.6. The smallest absolute Gasteiger partial charge is 0.261 e. The first-order valence-corrected chi connectivity index (χ1v) is 7.26. The Bertz CT molecular complexity index is 597. The third-order valence-corrected chi connectivity index (χ3v) is 2.21. The fourth-order valence-corrected chi connectivity index (χ4v) is 1.52. The first-order valence-electron chi connectivity index (χ1n) is 5.41. The molecule has 18 heavy (non-hydrogen) atoms. The van der Waals surface area contributed by atoms with E-state index in [0.717, 1.165) is 6.42 Å². The van der Waals surface area contributed by atoms with E-state index in [0.29, 0.717) is 6.26 Å². The minimum Gasteiger partial charge on any atom is -0.396 e. The summed E-state index contributed by atoms with van der Waals surface area (Å²) in [6.45, 7) is 0.221. The van der Waals surface area contributed by atoms with Crippen molar-refractivity contribution in [2.24, 2.45) is 0 Å². The minimum atomic E-state index is -3.67. The molecule has 98 valence electrons. The molecule has 2 aromatic rings. The number of rotatable bonds is 2. The first-order chi connectivity index (χ1) is 8.40. The van der Waals surface area contributed by atoms with Gasteiger partial charge in [-0.25, -0.2) is 0 Å². The number of benzene rings is 2. The summed E-state index contributed by atoms with van der Waals surface area (Å²) in [5.41, 5.74) is 1.20. The van der Waals surface area contributed by atoms with Crippen LogP contribution in [0.25, 0.3) is 10.8 Å². The predicted molar refractivity (Wildman–Crippen MR) is 72.2 cm³/mol. The van der Waals surface area contributed by atoms with E-state index >= 15 is 0 Å². The lowest BCUT2D eigenvalue weighted by Crippen LogP contribution is -1.89. The number of hydrogen-bond donors (Lipinski definition) is 2. The van der Waals surface area contributed by atoms with Crippen LogP contribution in [0.5, 0.6) is 0 Å². The van der Waals surface area contributed by atoms with Gasteiger partial charge >= 0.3 is 0 Å². The standard InChI is InChI=1S/C12H12O.CH4O3S/c13-8-7-10-5-6-11-3-1-2-4-12(11)9-10;1-5(2,3)4/h1-6,9,13H,7-8H2;1H3,(H,2,3,4). The lowest BCUT2D eigenvalue weighted by atomic mass is 10.1. The lowest BCUT2D eigenvalue weighted by molar-refractivity contribution is 0.299. The minimum absolute atomic E-state index is 0.221. The third-order valence-electron chi connectivity index (χ3n) is 2.21. The molecule has 0 unspecified atom stereocenters. The molecule has 0 saturated heterocycles. The van der Waals surface area contributed by atoms with Gasteiger partial charge in [0.25, 0.3) is 10.1 Å². The van der Waals surface area contributed by atoms with Gasteiger partial charge in [-0.15, -0.1) is 0 Å². The van der Waals surface area contributed by atoms with Gasteiger partial charge in [-0.1, -0.05) is 42.5 Å². The molecule has 0 bridgehead atoms. The van der Waals surface area contributed by atoms with Crippen LogP contribution in [0, 0.1) is 0 Å². The normalized spacial score (nSPS) is 10.8. The van der Waals surface area contributed by atoms with E-state index in [-0.39, 0.29) is 6.61 Å². The summed E-state index contributed by atoms with van der Waals surface area (Å²) in [6.07, 6.45) is 1.46. The van der Waals surface area contributed by atoms with Gasteiger partial charge in [0.15, 0.2) is 0 Å². The van der Waals surface area contributed by atoms with Crippen molar-refractivity contribution < 1.29 is 18.1 Å². The van der Waals surface area contributed by atoms with Crippen molar-refractivity contribution in [1.82, 2.24) is 0 Å². The molecular weight excluding hydrogens is 252 g/mol. The van der Waals surface area contributed by atoms with Gasteiger partial charge in [0.05, 0.1) is 6.26 Å². The second kappa shape index (κ2) is 6.49. The first kappa shape index (κ1) is 14.6. The van der Waals surface area contributed by atoms with E-state index in [1.807, 2.05) is 12.1 Å². The maximum absolute atomic E-state index is 9.19. The summed E-state index contributed by atoms with van der Waals surface area (Å²) >= 11 is 0. The molecule has 2 N–H and O–H groups in total. The molecule has 2 rings (SSSR count). The molecule has 0 fully saturated rings. The summed E-state index contributed by atoms with van der Waals surface area (Å²) in [4.78, 5) is 0. The Morgan fingerprint density at radius 3 is 2.17 bits per heavy atom. The SMILES string of the molecule is CS(=O)(=O)O.OCCc1ccc2ccccc2c1. The van der Waals surface area contributed by atoms with Crippen LogP contribution in [0.15, 0.2) is 42.5 Å². The Kier molecular flexibility index (Phi) is 5.27. The molecule has 0 aliphatic rings. The predicted octanol–water partition coefficient (Wildman–Crippen LogP) is 1.88. The van der Waals surface area contributed by atoms with Gasteiger partial charge in [0, 0.05) is 6.61 Å². The van der Waals surface area contributed by atoms with E-state index in [2.05, 4.69) is 30.3 Å². The Morgan fingerprint density at radius 1 is 1.06 bits per heavy atom. The van der Waals surface area contributed by atoms with Gasteiger partial charge in [0.1, 0.15) is 0 Å². The van der Waals surface area contributed by atoms with Crippen LogP contribution in [0.2, 0.25) is 0 Å². The Balaban J connectivity index is 0.000000280. The van der Waals surface area contributed by atoms with Gasteiger partial charge in [-0.05, 0) is 22.8 Å². The lowest BCUT2D eigenvalue weighted by Gasteiger charge is -2.00. The van der Waals surface area contributed by atoms with Crippen LogP contribution in [-0.4, -0.2) is 30.9 Å². The molecule has 0 radical (unpaired) electrons. The van der Waals surface area contributed by atoms with Crippen molar-refractivity contribution >= 4 is 20.9 Å². The van der Waals surface area contributed by atoms with Gasteiger partial charge in [0.2, 0.25) is 0 Å². The van der Waals surface area contributed by atoms with Crippen molar-refractivity contribution in [3.63, 3.8) is 0 Å². The summed E-state index contributed by atoms with van der Waals surface area (Å²) in [5, 5.41) is 11.3. The number of aliphatic hydroxyl groups is 1. The fraction of sp³-hybridized carbons (Fsp3) is 0.231. The highest BCUT2D eigenvalue weighted by atomic mass is 32.2. The second-order valence-electron chi connectivity index (χ2n) is 3.89. The van der Waals surface area contributed by atoms with Crippen LogP contribution in [0.4, 0.5) is 0 Å².